The zero-order chi connectivity index (χ0) is 14.7. The van der Waals surface area contributed by atoms with Crippen molar-refractivity contribution >= 4 is 44.9 Å². The van der Waals surface area contributed by atoms with Crippen molar-refractivity contribution < 1.29 is 9.13 Å². The Balaban J connectivity index is 2.45. The molecular formula is C11H10BrClFN5O. The second kappa shape index (κ2) is 6.21. The van der Waals surface area contributed by atoms with Gasteiger partial charge in [-0.1, -0.05) is 11.6 Å². The smallest absolute Gasteiger partial charge is 0.205 e. The number of aromatic nitrogens is 2. The van der Waals surface area contributed by atoms with Crippen LogP contribution in [0.25, 0.3) is 0 Å². The van der Waals surface area contributed by atoms with Crippen LogP contribution < -0.4 is 21.3 Å². The van der Waals surface area contributed by atoms with Crippen molar-refractivity contribution in [1.29, 1.82) is 0 Å². The monoisotopic (exact) mass is 361 g/mol. The number of nitrogens with zero attached hydrogens (tertiary/aromatic N) is 2. The first kappa shape index (κ1) is 14.8. The molecule has 0 saturated heterocycles. The molecule has 2 aromatic rings. The molecule has 1 aromatic heterocycles. The third-order valence-electron chi connectivity index (χ3n) is 2.39. The fraction of sp³-hybridized carbons (Fsp3) is 0.0909. The Morgan fingerprint density at radius 1 is 1.35 bits per heavy atom. The average molecular weight is 363 g/mol. The van der Waals surface area contributed by atoms with Crippen molar-refractivity contribution in [1.82, 2.24) is 9.97 Å². The minimum Gasteiger partial charge on any atom is -0.490 e. The Labute approximate surface area is 127 Å². The summed E-state index contributed by atoms with van der Waals surface area (Å²) < 4.78 is 18.8. The Kier molecular flexibility index (Phi) is 4.58. The van der Waals surface area contributed by atoms with Crippen molar-refractivity contribution in [3.8, 4) is 5.75 Å². The SMILES string of the molecule is COc1c(NN)ncnc1Nc1c(Cl)cc(F)cc1Br. The zero-order valence-corrected chi connectivity index (χ0v) is 12.6. The van der Waals surface area contributed by atoms with Crippen LogP contribution >= 0.6 is 27.5 Å². The summed E-state index contributed by atoms with van der Waals surface area (Å²) in [6, 6.07) is 2.47. The number of anilines is 3. The van der Waals surface area contributed by atoms with E-state index >= 15 is 0 Å². The number of nitrogens with one attached hydrogen (secondary N) is 2. The van der Waals surface area contributed by atoms with E-state index in [0.717, 1.165) is 0 Å². The van der Waals surface area contributed by atoms with E-state index < -0.39 is 5.82 Å². The lowest BCUT2D eigenvalue weighted by Crippen LogP contribution is -2.11. The summed E-state index contributed by atoms with van der Waals surface area (Å²) in [5.74, 6) is 5.83. The molecule has 0 atom stereocenters. The zero-order valence-electron chi connectivity index (χ0n) is 10.2. The van der Waals surface area contributed by atoms with Crippen LogP contribution in [0, 0.1) is 5.82 Å². The maximum Gasteiger partial charge on any atom is 0.205 e. The molecule has 0 spiro atoms. The third kappa shape index (κ3) is 2.92. The number of benzene rings is 1. The first-order valence-corrected chi connectivity index (χ1v) is 6.51. The lowest BCUT2D eigenvalue weighted by atomic mass is 10.3. The molecular weight excluding hydrogens is 353 g/mol. The van der Waals surface area contributed by atoms with Crippen molar-refractivity contribution in [2.24, 2.45) is 5.84 Å². The molecule has 2 rings (SSSR count). The molecule has 0 aliphatic heterocycles. The Morgan fingerprint density at radius 2 is 2.05 bits per heavy atom. The van der Waals surface area contributed by atoms with E-state index in [-0.39, 0.29) is 5.02 Å². The van der Waals surface area contributed by atoms with E-state index in [9.17, 15) is 4.39 Å². The molecule has 0 saturated carbocycles. The van der Waals surface area contributed by atoms with Gasteiger partial charge in [-0.3, -0.25) is 0 Å². The first-order valence-electron chi connectivity index (χ1n) is 5.34. The third-order valence-corrected chi connectivity index (χ3v) is 3.32. The summed E-state index contributed by atoms with van der Waals surface area (Å²) in [6.45, 7) is 0. The molecule has 0 unspecified atom stereocenters. The van der Waals surface area contributed by atoms with Crippen LogP contribution in [0.3, 0.4) is 0 Å². The lowest BCUT2D eigenvalue weighted by Gasteiger charge is -2.14. The van der Waals surface area contributed by atoms with E-state index in [1.54, 1.807) is 0 Å². The van der Waals surface area contributed by atoms with Crippen LogP contribution in [0.5, 0.6) is 5.75 Å². The summed E-state index contributed by atoms with van der Waals surface area (Å²) in [5, 5.41) is 3.14. The van der Waals surface area contributed by atoms with Crippen LogP contribution in [0.15, 0.2) is 22.9 Å². The molecule has 0 fully saturated rings. The lowest BCUT2D eigenvalue weighted by molar-refractivity contribution is 0.415. The Morgan fingerprint density at radius 3 is 2.65 bits per heavy atom. The predicted octanol–water partition coefficient (Wildman–Crippen LogP) is 3.07. The highest BCUT2D eigenvalue weighted by Crippen LogP contribution is 2.37. The number of methoxy groups -OCH3 is 1. The topological polar surface area (TPSA) is 85.1 Å². The van der Waals surface area contributed by atoms with Gasteiger partial charge in [0.25, 0.3) is 0 Å². The highest BCUT2D eigenvalue weighted by molar-refractivity contribution is 9.10. The quantitative estimate of drug-likeness (QED) is 0.572. The number of ether oxygens (including phenoxy) is 1. The van der Waals surface area contributed by atoms with E-state index in [4.69, 9.17) is 22.2 Å². The first-order chi connectivity index (χ1) is 9.56. The summed E-state index contributed by atoms with van der Waals surface area (Å²) in [6.07, 6.45) is 1.30. The van der Waals surface area contributed by atoms with Crippen molar-refractivity contribution in [3.63, 3.8) is 0 Å². The molecule has 9 heteroatoms. The second-order valence-electron chi connectivity index (χ2n) is 3.62. The van der Waals surface area contributed by atoms with Crippen LogP contribution in [-0.2, 0) is 0 Å². The number of hydrogen-bond donors (Lipinski definition) is 3. The number of nitrogen functional groups attached to an aromatic ring is 1. The number of nitrogens with two attached hydrogens (primary N) is 1. The Hall–Kier alpha value is -1.64. The van der Waals surface area contributed by atoms with Crippen molar-refractivity contribution in [2.45, 2.75) is 0 Å². The average Bonchev–Trinajstić information content (AvgIpc) is 2.42. The van der Waals surface area contributed by atoms with Gasteiger partial charge in [0.2, 0.25) is 5.75 Å². The van der Waals surface area contributed by atoms with Gasteiger partial charge >= 0.3 is 0 Å². The summed E-state index contributed by atoms with van der Waals surface area (Å²) in [5.41, 5.74) is 2.84. The Bertz CT molecular complexity index is 619. The highest BCUT2D eigenvalue weighted by atomic mass is 79.9. The van der Waals surface area contributed by atoms with Crippen LogP contribution in [0.2, 0.25) is 5.02 Å². The highest BCUT2D eigenvalue weighted by Gasteiger charge is 2.15. The number of rotatable bonds is 4. The molecule has 20 heavy (non-hydrogen) atoms. The van der Waals surface area contributed by atoms with Crippen LogP contribution in [-0.4, -0.2) is 17.1 Å². The van der Waals surface area contributed by atoms with Gasteiger partial charge in [0, 0.05) is 4.47 Å². The predicted molar refractivity (Wildman–Crippen MR) is 78.8 cm³/mol. The minimum absolute atomic E-state index is 0.194. The summed E-state index contributed by atoms with van der Waals surface area (Å²) in [7, 11) is 1.45. The molecule has 0 amide bonds. The second-order valence-corrected chi connectivity index (χ2v) is 4.88. The largest absolute Gasteiger partial charge is 0.490 e. The van der Waals surface area contributed by atoms with Gasteiger partial charge in [-0.05, 0) is 28.1 Å². The molecule has 0 radical (unpaired) electrons. The van der Waals surface area contributed by atoms with Crippen LogP contribution in [0.1, 0.15) is 0 Å². The molecule has 6 nitrogen and oxygen atoms in total. The standard InChI is InChI=1S/C11H10BrClFN5O/c1-20-9-10(16-4-17-11(9)19-15)18-8-6(12)2-5(14)3-7(8)13/h2-4H,15H2,1H3,(H2,16,17,18,19). The van der Waals surface area contributed by atoms with Gasteiger partial charge in [0.15, 0.2) is 11.6 Å². The van der Waals surface area contributed by atoms with E-state index in [1.165, 1.54) is 25.6 Å². The normalized spacial score (nSPS) is 10.2. The van der Waals surface area contributed by atoms with Gasteiger partial charge in [-0.25, -0.2) is 20.2 Å². The molecule has 1 heterocycles. The fourth-order valence-electron chi connectivity index (χ4n) is 1.54. The van der Waals surface area contributed by atoms with Gasteiger partial charge < -0.3 is 15.5 Å². The molecule has 0 bridgehead atoms. The van der Waals surface area contributed by atoms with E-state index in [1.807, 2.05) is 0 Å². The molecule has 0 aliphatic carbocycles. The number of halogens is 3. The van der Waals surface area contributed by atoms with Crippen molar-refractivity contribution in [2.75, 3.05) is 17.9 Å². The van der Waals surface area contributed by atoms with Gasteiger partial charge in [0.1, 0.15) is 12.1 Å². The van der Waals surface area contributed by atoms with Gasteiger partial charge in [-0.15, -0.1) is 0 Å². The van der Waals surface area contributed by atoms with E-state index in [0.29, 0.717) is 27.5 Å². The molecule has 4 N–H and O–H groups in total. The van der Waals surface area contributed by atoms with Gasteiger partial charge in [0.05, 0.1) is 17.8 Å². The fourth-order valence-corrected chi connectivity index (χ4v) is 2.44. The minimum atomic E-state index is -0.452. The number of hydrogen-bond acceptors (Lipinski definition) is 6. The van der Waals surface area contributed by atoms with Gasteiger partial charge in [-0.2, -0.15) is 0 Å². The maximum atomic E-state index is 13.2. The maximum absolute atomic E-state index is 13.2. The van der Waals surface area contributed by atoms with Crippen molar-refractivity contribution in [3.05, 3.63) is 33.8 Å². The number of hydrazine groups is 1. The molecule has 0 aliphatic rings. The summed E-state index contributed by atoms with van der Waals surface area (Å²) >= 11 is 9.22. The molecule has 106 valence electrons. The van der Waals surface area contributed by atoms with E-state index in [2.05, 4.69) is 36.6 Å². The molecule has 1 aromatic carbocycles. The van der Waals surface area contributed by atoms with Crippen LogP contribution in [0.4, 0.5) is 21.7 Å². The summed E-state index contributed by atoms with van der Waals surface area (Å²) in [4.78, 5) is 7.95.